The van der Waals surface area contributed by atoms with E-state index >= 15 is 0 Å². The zero-order valence-corrected chi connectivity index (χ0v) is 13.7. The van der Waals surface area contributed by atoms with Gasteiger partial charge in [-0.1, -0.05) is 12.1 Å². The van der Waals surface area contributed by atoms with Gasteiger partial charge in [0, 0.05) is 24.4 Å². The van der Waals surface area contributed by atoms with Crippen LogP contribution in [0.1, 0.15) is 28.8 Å². The first kappa shape index (κ1) is 15.1. The Morgan fingerprint density at radius 2 is 2.27 bits per heavy atom. The summed E-state index contributed by atoms with van der Waals surface area (Å²) in [4.78, 5) is 15.7. The van der Waals surface area contributed by atoms with E-state index in [0.717, 1.165) is 31.7 Å². The molecule has 0 aliphatic carbocycles. The Kier molecular flexibility index (Phi) is 4.78. The van der Waals surface area contributed by atoms with Gasteiger partial charge in [0.15, 0.2) is 0 Å². The van der Waals surface area contributed by atoms with Gasteiger partial charge in [-0.25, -0.2) is 0 Å². The molecule has 1 amide bonds. The fraction of sp³-hybridized carbons (Fsp3) is 0.389. The Balaban J connectivity index is 1.41. The minimum Gasteiger partial charge on any atom is -0.494 e. The quantitative estimate of drug-likeness (QED) is 0.786. The van der Waals surface area contributed by atoms with Gasteiger partial charge in [0.2, 0.25) is 5.91 Å². The van der Waals surface area contributed by atoms with Crippen LogP contribution in [-0.2, 0) is 17.8 Å². The van der Waals surface area contributed by atoms with E-state index in [2.05, 4.69) is 11.4 Å². The molecule has 3 rings (SSSR count). The predicted molar refractivity (Wildman–Crippen MR) is 89.3 cm³/mol. The lowest BCUT2D eigenvalue weighted by molar-refractivity contribution is -0.132. The number of amides is 1. The largest absolute Gasteiger partial charge is 0.494 e. The molecule has 0 radical (unpaired) electrons. The highest BCUT2D eigenvalue weighted by atomic mass is 32.1. The Morgan fingerprint density at radius 1 is 1.36 bits per heavy atom. The highest BCUT2D eigenvalue weighted by Gasteiger charge is 2.20. The minimum atomic E-state index is 0.240. The zero-order valence-electron chi connectivity index (χ0n) is 12.9. The lowest BCUT2D eigenvalue weighted by Crippen LogP contribution is -2.35. The van der Waals surface area contributed by atoms with Crippen molar-refractivity contribution >= 4 is 17.2 Å². The third kappa shape index (κ3) is 3.69. The van der Waals surface area contributed by atoms with Crippen molar-refractivity contribution in [2.24, 2.45) is 0 Å². The van der Waals surface area contributed by atoms with Crippen LogP contribution in [0.5, 0.6) is 5.75 Å². The van der Waals surface area contributed by atoms with Crippen LogP contribution in [-0.4, -0.2) is 24.0 Å². The Morgan fingerprint density at radius 3 is 3.14 bits per heavy atom. The zero-order chi connectivity index (χ0) is 15.4. The second-order valence-corrected chi connectivity index (χ2v) is 6.70. The van der Waals surface area contributed by atoms with E-state index in [1.807, 2.05) is 36.1 Å². The van der Waals surface area contributed by atoms with Crippen molar-refractivity contribution in [2.75, 3.05) is 13.2 Å². The van der Waals surface area contributed by atoms with Gasteiger partial charge in [0.05, 0.1) is 6.61 Å². The number of hydrogen-bond donors (Lipinski definition) is 0. The molecule has 4 heteroatoms. The van der Waals surface area contributed by atoms with Crippen LogP contribution >= 0.6 is 11.3 Å². The average Bonchev–Trinajstić information content (AvgIpc) is 2.99. The Hall–Kier alpha value is -1.81. The number of rotatable bonds is 5. The van der Waals surface area contributed by atoms with Gasteiger partial charge in [-0.15, -0.1) is 11.3 Å². The summed E-state index contributed by atoms with van der Waals surface area (Å²) < 4.78 is 5.70. The normalized spacial score (nSPS) is 13.8. The fourth-order valence-electron chi connectivity index (χ4n) is 2.74. The predicted octanol–water partition coefficient (Wildman–Crippen LogP) is 3.80. The summed E-state index contributed by atoms with van der Waals surface area (Å²) >= 11 is 1.80. The molecule has 0 bridgehead atoms. The number of carbonyl (C=O) groups is 1. The van der Waals surface area contributed by atoms with E-state index in [-0.39, 0.29) is 5.91 Å². The molecule has 0 saturated heterocycles. The van der Waals surface area contributed by atoms with Crippen LogP contribution < -0.4 is 4.74 Å². The van der Waals surface area contributed by atoms with E-state index < -0.39 is 0 Å². The maximum atomic E-state index is 12.3. The second kappa shape index (κ2) is 6.97. The maximum absolute atomic E-state index is 12.3. The van der Waals surface area contributed by atoms with E-state index in [0.29, 0.717) is 13.0 Å². The average molecular weight is 315 g/mol. The standard InChI is InChI=1S/C18H21NO2S/c1-14-4-2-5-16(12-14)21-10-3-6-18(20)19-9-7-17-15(13-19)8-11-22-17/h2,4-5,8,11-12H,3,6-7,9-10,13H2,1H3. The van der Waals surface area contributed by atoms with Gasteiger partial charge in [-0.2, -0.15) is 0 Å². The summed E-state index contributed by atoms with van der Waals surface area (Å²) in [6, 6.07) is 10.1. The van der Waals surface area contributed by atoms with Gasteiger partial charge in [-0.05, 0) is 54.5 Å². The molecule has 1 aliphatic heterocycles. The molecule has 1 aromatic carbocycles. The number of thiophene rings is 1. The molecule has 22 heavy (non-hydrogen) atoms. The van der Waals surface area contributed by atoms with E-state index in [4.69, 9.17) is 4.74 Å². The van der Waals surface area contributed by atoms with Crippen LogP contribution in [0.3, 0.4) is 0 Å². The first-order valence-corrected chi connectivity index (χ1v) is 8.63. The highest BCUT2D eigenvalue weighted by molar-refractivity contribution is 7.10. The summed E-state index contributed by atoms with van der Waals surface area (Å²) in [7, 11) is 0. The van der Waals surface area contributed by atoms with Gasteiger partial charge in [-0.3, -0.25) is 4.79 Å². The fourth-order valence-corrected chi connectivity index (χ4v) is 3.63. The SMILES string of the molecule is Cc1cccc(OCCCC(=O)N2CCc3sccc3C2)c1. The first-order valence-electron chi connectivity index (χ1n) is 7.75. The summed E-state index contributed by atoms with van der Waals surface area (Å²) in [5.74, 6) is 1.12. The Labute approximate surface area is 135 Å². The van der Waals surface area contributed by atoms with Crippen molar-refractivity contribution in [1.29, 1.82) is 0 Å². The number of carbonyl (C=O) groups excluding carboxylic acids is 1. The van der Waals surface area contributed by atoms with Crippen molar-refractivity contribution in [3.8, 4) is 5.75 Å². The molecular weight excluding hydrogens is 294 g/mol. The van der Waals surface area contributed by atoms with Gasteiger partial charge < -0.3 is 9.64 Å². The highest BCUT2D eigenvalue weighted by Crippen LogP contribution is 2.24. The van der Waals surface area contributed by atoms with Crippen LogP contribution in [0.2, 0.25) is 0 Å². The van der Waals surface area contributed by atoms with Crippen LogP contribution in [0.25, 0.3) is 0 Å². The van der Waals surface area contributed by atoms with Gasteiger partial charge >= 0.3 is 0 Å². The molecule has 0 fully saturated rings. The molecule has 116 valence electrons. The third-order valence-electron chi connectivity index (χ3n) is 3.95. The molecule has 0 unspecified atom stereocenters. The first-order chi connectivity index (χ1) is 10.7. The molecule has 0 atom stereocenters. The van der Waals surface area contributed by atoms with Crippen molar-refractivity contribution in [3.63, 3.8) is 0 Å². The molecule has 3 nitrogen and oxygen atoms in total. The molecular formula is C18H21NO2S. The lowest BCUT2D eigenvalue weighted by Gasteiger charge is -2.27. The summed E-state index contributed by atoms with van der Waals surface area (Å²) in [6.07, 6.45) is 2.32. The minimum absolute atomic E-state index is 0.240. The van der Waals surface area contributed by atoms with Gasteiger partial charge in [0.25, 0.3) is 0 Å². The molecule has 0 N–H and O–H groups in total. The topological polar surface area (TPSA) is 29.5 Å². The van der Waals surface area contributed by atoms with Crippen LogP contribution in [0, 0.1) is 6.92 Å². The van der Waals surface area contributed by atoms with Crippen LogP contribution in [0.15, 0.2) is 35.7 Å². The maximum Gasteiger partial charge on any atom is 0.223 e. The second-order valence-electron chi connectivity index (χ2n) is 5.70. The van der Waals surface area contributed by atoms with Crippen molar-refractivity contribution < 1.29 is 9.53 Å². The van der Waals surface area contributed by atoms with E-state index in [9.17, 15) is 4.79 Å². The van der Waals surface area contributed by atoms with Crippen LogP contribution in [0.4, 0.5) is 0 Å². The molecule has 2 aromatic rings. The monoisotopic (exact) mass is 315 g/mol. The third-order valence-corrected chi connectivity index (χ3v) is 4.98. The van der Waals surface area contributed by atoms with Gasteiger partial charge in [0.1, 0.15) is 5.75 Å². The number of ether oxygens (including phenoxy) is 1. The summed E-state index contributed by atoms with van der Waals surface area (Å²) in [6.45, 7) is 4.26. The van der Waals surface area contributed by atoms with E-state index in [1.54, 1.807) is 11.3 Å². The summed E-state index contributed by atoms with van der Waals surface area (Å²) in [5, 5.41) is 2.12. The molecule has 1 aromatic heterocycles. The van der Waals surface area contributed by atoms with Crippen molar-refractivity contribution in [3.05, 3.63) is 51.7 Å². The van der Waals surface area contributed by atoms with E-state index in [1.165, 1.54) is 16.0 Å². The molecule has 0 saturated carbocycles. The smallest absolute Gasteiger partial charge is 0.223 e. The molecule has 1 aliphatic rings. The molecule has 2 heterocycles. The number of nitrogens with zero attached hydrogens (tertiary/aromatic N) is 1. The molecule has 0 spiro atoms. The summed E-state index contributed by atoms with van der Waals surface area (Å²) in [5.41, 5.74) is 2.51. The van der Waals surface area contributed by atoms with Crippen molar-refractivity contribution in [2.45, 2.75) is 32.7 Å². The number of fused-ring (bicyclic) bond motifs is 1. The van der Waals surface area contributed by atoms with Crippen molar-refractivity contribution in [1.82, 2.24) is 4.90 Å². The number of benzene rings is 1. The number of aryl methyl sites for hydroxylation is 1. The lowest BCUT2D eigenvalue weighted by atomic mass is 10.1. The Bertz CT molecular complexity index is 650. The number of hydrogen-bond acceptors (Lipinski definition) is 3.